The van der Waals surface area contributed by atoms with E-state index in [9.17, 15) is 9.59 Å². The number of rotatable bonds is 6. The number of carbonyl (C=O) groups excluding carboxylic acids is 1. The zero-order chi connectivity index (χ0) is 28.5. The van der Waals surface area contributed by atoms with Crippen LogP contribution >= 0.6 is 0 Å². The zero-order valence-electron chi connectivity index (χ0n) is 25.3. The molecule has 4 aliphatic heterocycles. The summed E-state index contributed by atoms with van der Waals surface area (Å²) in [6.07, 6.45) is 15.1. The Labute approximate surface area is 236 Å². The van der Waals surface area contributed by atoms with E-state index < -0.39 is 6.09 Å². The lowest BCUT2D eigenvalue weighted by atomic mass is 9.71. The van der Waals surface area contributed by atoms with Crippen molar-refractivity contribution in [1.82, 2.24) is 15.1 Å². The molecular weight excluding hydrogens is 494 g/mol. The van der Waals surface area contributed by atoms with Crippen molar-refractivity contribution >= 4 is 12.0 Å². The van der Waals surface area contributed by atoms with Gasteiger partial charge in [-0.15, -0.1) is 0 Å². The standard InChI is InChI=1S/C15H24O2.C13H23N3O3.C3H8/c1-11(2)7-8-13-14(3,17-13)12-6-4-5-9-15(12)10-16-15;17-12(10-14-13(18)19)16-8-4-11(5-9-16)15-6-2-1-3-7-15;1-3-2/h7,12-13H,4-6,8-10H2,1-3H3;11,14H,1-10H2,(H,18,19);3H2,1-2H3. The molecule has 39 heavy (non-hydrogen) atoms. The summed E-state index contributed by atoms with van der Waals surface area (Å²) in [5.74, 6) is 0.527. The highest BCUT2D eigenvalue weighted by atomic mass is 16.6. The highest BCUT2D eigenvalue weighted by molar-refractivity contribution is 5.81. The van der Waals surface area contributed by atoms with Gasteiger partial charge < -0.3 is 29.7 Å². The van der Waals surface area contributed by atoms with Crippen LogP contribution < -0.4 is 5.32 Å². The van der Waals surface area contributed by atoms with Crippen LogP contribution in [0.2, 0.25) is 0 Å². The van der Waals surface area contributed by atoms with Crippen molar-refractivity contribution in [3.8, 4) is 0 Å². The van der Waals surface area contributed by atoms with E-state index in [2.05, 4.69) is 50.9 Å². The van der Waals surface area contributed by atoms with E-state index in [4.69, 9.17) is 14.6 Å². The Morgan fingerprint density at radius 1 is 1.00 bits per heavy atom. The van der Waals surface area contributed by atoms with Crippen LogP contribution in [0.3, 0.4) is 0 Å². The molecule has 2 N–H and O–H groups in total. The molecule has 1 spiro atoms. The summed E-state index contributed by atoms with van der Waals surface area (Å²) >= 11 is 0. The third-order valence-electron chi connectivity index (χ3n) is 9.02. The first kappa shape index (κ1) is 31.9. The zero-order valence-corrected chi connectivity index (χ0v) is 25.3. The maximum atomic E-state index is 11.8. The normalized spacial score (nSPS) is 32.2. The van der Waals surface area contributed by atoms with Crippen molar-refractivity contribution in [3.63, 3.8) is 0 Å². The van der Waals surface area contributed by atoms with Crippen molar-refractivity contribution in [2.75, 3.05) is 39.3 Å². The van der Waals surface area contributed by atoms with Crippen molar-refractivity contribution in [2.45, 2.75) is 129 Å². The van der Waals surface area contributed by atoms with Gasteiger partial charge in [0, 0.05) is 25.0 Å². The molecule has 1 saturated carbocycles. The van der Waals surface area contributed by atoms with Crippen molar-refractivity contribution < 1.29 is 24.2 Å². The lowest BCUT2D eigenvalue weighted by molar-refractivity contribution is -0.131. The predicted octanol–water partition coefficient (Wildman–Crippen LogP) is 5.61. The third-order valence-corrected chi connectivity index (χ3v) is 9.02. The molecular formula is C31H55N3O5. The monoisotopic (exact) mass is 549 g/mol. The minimum atomic E-state index is -1.14. The van der Waals surface area contributed by atoms with Gasteiger partial charge in [0.25, 0.3) is 0 Å². The highest BCUT2D eigenvalue weighted by Gasteiger charge is 2.67. The number of allylic oxidation sites excluding steroid dienone is 1. The first-order chi connectivity index (χ1) is 18.6. The number of carboxylic acid groups (broad SMARTS) is 1. The molecule has 0 radical (unpaired) electrons. The van der Waals surface area contributed by atoms with E-state index in [0.29, 0.717) is 18.1 Å². The molecule has 5 fully saturated rings. The number of epoxide rings is 2. The molecule has 1 aliphatic carbocycles. The van der Waals surface area contributed by atoms with E-state index in [1.807, 2.05) is 0 Å². The van der Waals surface area contributed by atoms with Crippen molar-refractivity contribution in [3.05, 3.63) is 11.6 Å². The molecule has 5 aliphatic rings. The molecule has 4 unspecified atom stereocenters. The number of nitrogens with zero attached hydrogens (tertiary/aromatic N) is 2. The average molecular weight is 550 g/mol. The highest BCUT2D eigenvalue weighted by Crippen LogP contribution is 2.58. The molecule has 8 heteroatoms. The fourth-order valence-electron chi connectivity index (χ4n) is 6.69. The van der Waals surface area contributed by atoms with E-state index in [0.717, 1.165) is 39.0 Å². The number of hydrogen-bond donors (Lipinski definition) is 2. The molecule has 0 aromatic carbocycles. The number of hydrogen-bond acceptors (Lipinski definition) is 5. The number of carbonyl (C=O) groups is 2. The summed E-state index contributed by atoms with van der Waals surface area (Å²) in [6.45, 7) is 15.6. The van der Waals surface area contributed by atoms with Crippen LogP contribution in [0.25, 0.3) is 0 Å². The first-order valence-corrected chi connectivity index (χ1v) is 15.6. The van der Waals surface area contributed by atoms with Crippen LogP contribution in [0, 0.1) is 5.92 Å². The van der Waals surface area contributed by atoms with Gasteiger partial charge in [0.05, 0.1) is 23.9 Å². The second-order valence-corrected chi connectivity index (χ2v) is 12.5. The largest absolute Gasteiger partial charge is 0.465 e. The third kappa shape index (κ3) is 9.19. The Morgan fingerprint density at radius 2 is 1.64 bits per heavy atom. The van der Waals surface area contributed by atoms with Crippen LogP contribution in [0.5, 0.6) is 0 Å². The van der Waals surface area contributed by atoms with E-state index in [1.165, 1.54) is 70.0 Å². The van der Waals surface area contributed by atoms with Gasteiger partial charge in [0.1, 0.15) is 6.54 Å². The molecule has 0 aromatic rings. The number of likely N-dealkylation sites (tertiary alicyclic amines) is 2. The maximum absolute atomic E-state index is 11.8. The van der Waals surface area contributed by atoms with Gasteiger partial charge in [0.15, 0.2) is 0 Å². The van der Waals surface area contributed by atoms with Gasteiger partial charge >= 0.3 is 6.09 Å². The van der Waals surface area contributed by atoms with Gasteiger partial charge in [-0.1, -0.05) is 51.2 Å². The molecule has 8 nitrogen and oxygen atoms in total. The lowest BCUT2D eigenvalue weighted by Crippen LogP contribution is -2.50. The molecule has 4 saturated heterocycles. The van der Waals surface area contributed by atoms with Gasteiger partial charge in [-0.2, -0.15) is 0 Å². The minimum Gasteiger partial charge on any atom is -0.465 e. The first-order valence-electron chi connectivity index (χ1n) is 15.6. The summed E-state index contributed by atoms with van der Waals surface area (Å²) in [5, 5.41) is 10.6. The summed E-state index contributed by atoms with van der Waals surface area (Å²) in [6, 6.07) is 0.608. The number of nitrogens with one attached hydrogen (secondary N) is 1. The summed E-state index contributed by atoms with van der Waals surface area (Å²) in [5.41, 5.74) is 1.71. The minimum absolute atomic E-state index is 0.100. The topological polar surface area (TPSA) is 97.9 Å². The maximum Gasteiger partial charge on any atom is 0.405 e. The lowest BCUT2D eigenvalue weighted by Gasteiger charge is -2.40. The molecule has 2 amide bonds. The van der Waals surface area contributed by atoms with Crippen LogP contribution in [0.15, 0.2) is 11.6 Å². The summed E-state index contributed by atoms with van der Waals surface area (Å²) < 4.78 is 11.8. The van der Waals surface area contributed by atoms with E-state index >= 15 is 0 Å². The van der Waals surface area contributed by atoms with Crippen molar-refractivity contribution in [1.29, 1.82) is 0 Å². The Balaban J connectivity index is 0.000000197. The van der Waals surface area contributed by atoms with Crippen LogP contribution in [0.4, 0.5) is 4.79 Å². The second kappa shape index (κ2) is 14.8. The number of ether oxygens (including phenoxy) is 2. The van der Waals surface area contributed by atoms with Crippen LogP contribution in [-0.4, -0.2) is 89.6 Å². The van der Waals surface area contributed by atoms with Gasteiger partial charge in [0.2, 0.25) is 5.91 Å². The fraction of sp³-hybridized carbons (Fsp3) is 0.871. The van der Waals surface area contributed by atoms with Gasteiger partial charge in [-0.25, -0.2) is 4.79 Å². The summed E-state index contributed by atoms with van der Waals surface area (Å²) in [4.78, 5) is 26.5. The number of amides is 2. The van der Waals surface area contributed by atoms with Gasteiger partial charge in [-0.05, 0) is 78.8 Å². The average Bonchev–Trinajstić information content (AvgIpc) is 3.85. The Hall–Kier alpha value is -1.64. The fourth-order valence-corrected chi connectivity index (χ4v) is 6.69. The van der Waals surface area contributed by atoms with E-state index in [-0.39, 0.29) is 23.7 Å². The smallest absolute Gasteiger partial charge is 0.405 e. The predicted molar refractivity (Wildman–Crippen MR) is 155 cm³/mol. The Bertz CT molecular complexity index is 811. The van der Waals surface area contributed by atoms with E-state index in [1.54, 1.807) is 4.90 Å². The molecule has 5 rings (SSSR count). The molecule has 0 bridgehead atoms. The molecule has 224 valence electrons. The number of piperidine rings is 2. The Kier molecular flexibility index (Phi) is 12.1. The van der Waals surface area contributed by atoms with Crippen LogP contribution in [-0.2, 0) is 14.3 Å². The quantitative estimate of drug-likeness (QED) is 0.330. The second-order valence-electron chi connectivity index (χ2n) is 12.5. The summed E-state index contributed by atoms with van der Waals surface area (Å²) in [7, 11) is 0. The molecule has 4 heterocycles. The van der Waals surface area contributed by atoms with Crippen LogP contribution in [0.1, 0.15) is 105 Å². The van der Waals surface area contributed by atoms with Gasteiger partial charge in [-0.3, -0.25) is 4.79 Å². The SMILES string of the molecule is CC(C)=CCC1OC1(C)C1CCCCC12CO2.CCC.O=C(O)NCC(=O)N1CCC(N2CCCCC2)CC1. The molecule has 4 atom stereocenters. The van der Waals surface area contributed by atoms with Crippen molar-refractivity contribution in [2.24, 2.45) is 5.92 Å². The Morgan fingerprint density at radius 3 is 2.21 bits per heavy atom. The molecule has 0 aromatic heterocycles.